The molecular weight excluding hydrogens is 2000 g/mol. The van der Waals surface area contributed by atoms with Gasteiger partial charge in [-0.2, -0.15) is 0 Å². The third kappa shape index (κ3) is 27.1. The minimum Gasteiger partial charge on any atom is -0.507 e. The van der Waals surface area contributed by atoms with Gasteiger partial charge in [0.2, 0.25) is 0 Å². The number of carbonyl (C=O) groups excluding carboxylic acids is 1. The maximum absolute atomic E-state index is 12.2. The molecule has 0 spiro atoms. The van der Waals surface area contributed by atoms with E-state index in [4.69, 9.17) is 0 Å². The van der Waals surface area contributed by atoms with E-state index in [-0.39, 0.29) is 386 Å². The molecule has 18 heteroatoms. The number of hydrogen-bond acceptors (Lipinski definition) is 9. The van der Waals surface area contributed by atoms with Gasteiger partial charge < -0.3 is 40.9 Å². The van der Waals surface area contributed by atoms with E-state index in [1.54, 1.807) is 99.9 Å². The van der Waals surface area contributed by atoms with E-state index in [1.165, 1.54) is 103 Å². The van der Waals surface area contributed by atoms with E-state index < -0.39 is 0 Å². The molecule has 16 aromatic carbocycles. The number of hydrogen-bond donors (Lipinski definition) is 8. The van der Waals surface area contributed by atoms with Gasteiger partial charge in [0.05, 0.1) is 0 Å². The zero-order valence-corrected chi connectivity index (χ0v) is 88.6. The van der Waals surface area contributed by atoms with Crippen LogP contribution in [0.1, 0.15) is 196 Å². The summed E-state index contributed by atoms with van der Waals surface area (Å²) in [7, 11) is 0. The topological polar surface area (TPSA) is 179 Å². The number of aromatic hydroxyl groups is 8. The second-order valence-electron chi connectivity index (χ2n) is 40.8. The molecule has 12 atom stereocenters. The van der Waals surface area contributed by atoms with Gasteiger partial charge in [-0.3, -0.25) is 4.79 Å². The van der Waals surface area contributed by atoms with Crippen LogP contribution in [-0.2, 0) is 4.79 Å². The number of phenols is 8. The molecule has 0 bridgehead atoms. The van der Waals surface area contributed by atoms with Crippen LogP contribution in [0.25, 0.3) is 131 Å². The number of benzene rings is 16. The van der Waals surface area contributed by atoms with Crippen molar-refractivity contribution in [1.29, 1.82) is 0 Å². The standard InChI is InChI=1S/4C20H14O2.2C15H26.C13H20O.C2H6.9Ar/c4*21-17-11-9-13-5-1-3-7-15(13)19(17)20-16-8-4-2-6-14(16)10-12-18(20)22;2*1-15(2)13-9-5-3-7-11(13)12-8-4-6-10-14(12)15;14-13-11-7-3-1-5-9(11)10-6-2-4-8-12(10)13;1-2;;;;;;;;;/h4*1-12,21-22H;2*11-14H,3-10H2,1-2H3;9-12H,1-8H2;1-2H3;;;;;;;;;. The Kier molecular flexibility index (Phi) is 51.0. The van der Waals surface area contributed by atoms with E-state index in [0.717, 1.165) is 145 Å². The van der Waals surface area contributed by atoms with Crippen LogP contribution >= 0.6 is 0 Å². The zero-order valence-electron chi connectivity index (χ0n) is 82.3. The Morgan fingerprint density at radius 2 is 0.315 bits per heavy atom. The van der Waals surface area contributed by atoms with Gasteiger partial charge in [-0.1, -0.05) is 361 Å². The summed E-state index contributed by atoms with van der Waals surface area (Å²) >= 11 is 0. The molecule has 0 radical (unpaired) electrons. The van der Waals surface area contributed by atoms with Crippen molar-refractivity contribution in [3.63, 3.8) is 0 Å². The van der Waals surface area contributed by atoms with Gasteiger partial charge in [-0.05, 0) is 282 Å². The molecule has 0 amide bonds. The quantitative estimate of drug-likeness (QED) is 0.0851. The summed E-state index contributed by atoms with van der Waals surface area (Å²) in [5.74, 6) is 13.5. The molecule has 0 aromatic heterocycles. The molecule has 8 N–H and O–H groups in total. The first-order valence-corrected chi connectivity index (χ1v) is 50.5. The molecule has 760 valence electrons. The predicted octanol–water partition coefficient (Wildman–Crippen LogP) is 33.8. The van der Waals surface area contributed by atoms with Gasteiger partial charge in [-0.15, -0.1) is 0 Å². The Morgan fingerprint density at radius 3 is 0.476 bits per heavy atom. The molecule has 9 saturated carbocycles. The number of rotatable bonds is 4. The van der Waals surface area contributed by atoms with Crippen molar-refractivity contribution in [2.24, 2.45) is 81.8 Å². The minimum absolute atomic E-state index is 0. The summed E-state index contributed by atoms with van der Waals surface area (Å²) in [4.78, 5) is 12.2. The van der Waals surface area contributed by atoms with Crippen LogP contribution in [0, 0.1) is 421 Å². The van der Waals surface area contributed by atoms with E-state index in [0.29, 0.717) is 73.0 Å². The summed E-state index contributed by atoms with van der Waals surface area (Å²) in [6, 6.07) is 91.5. The Balaban J connectivity index is 0.000000185. The monoisotopic (exact) mass is 2140 g/mol. The molecule has 16 aromatic rings. The Hall–Kier alpha value is -0.992. The number of fused-ring (bicyclic) bond motifs is 17. The van der Waals surface area contributed by atoms with Gasteiger partial charge in [0, 0.05) is 396 Å². The molecule has 0 saturated heterocycles. The fourth-order valence-corrected chi connectivity index (χ4v) is 27.4. The maximum Gasteiger partial charge on any atom is 0.139 e. The zero-order chi connectivity index (χ0) is 92.9. The number of phenolic OH excluding ortho intramolecular Hbond substituents is 8. The van der Waals surface area contributed by atoms with Crippen molar-refractivity contribution in [3.05, 3.63) is 291 Å². The van der Waals surface area contributed by atoms with Crippen LogP contribution in [-0.4, -0.2) is 46.6 Å². The largest absolute Gasteiger partial charge is 0.507 e. The first-order valence-electron chi connectivity index (χ1n) is 50.5. The summed E-state index contributed by atoms with van der Waals surface area (Å²) in [5, 5.41) is 99.1. The average Bonchev–Trinajstić information content (AvgIpc) is 1.42. The van der Waals surface area contributed by atoms with Gasteiger partial charge in [0.15, 0.2) is 0 Å². The normalized spacial score (nSPS) is 21.7. The van der Waals surface area contributed by atoms with Crippen molar-refractivity contribution >= 4 is 92.0 Å². The molecule has 0 heterocycles. The molecular formula is C125H134Ar9O9. The Morgan fingerprint density at radius 1 is 0.182 bits per heavy atom. The van der Waals surface area contributed by atoms with Gasteiger partial charge in [0.25, 0.3) is 0 Å². The van der Waals surface area contributed by atoms with Gasteiger partial charge in [-0.25, -0.2) is 0 Å². The van der Waals surface area contributed by atoms with Crippen molar-refractivity contribution in [2.75, 3.05) is 0 Å². The maximum atomic E-state index is 12.2. The molecule has 0 aliphatic heterocycles. The van der Waals surface area contributed by atoms with Crippen LogP contribution < -0.4 is 0 Å². The average molecular weight is 2140 g/mol. The van der Waals surface area contributed by atoms with Crippen molar-refractivity contribution in [1.82, 2.24) is 0 Å². The molecule has 9 nitrogen and oxygen atoms in total. The molecule has 9 aliphatic rings. The fraction of sp³-hybridized carbons (Fsp3) is 0.352. The van der Waals surface area contributed by atoms with Crippen molar-refractivity contribution in [2.45, 2.75) is 196 Å². The van der Waals surface area contributed by atoms with Crippen LogP contribution in [0.2, 0.25) is 0 Å². The molecule has 12 unspecified atom stereocenters. The first kappa shape index (κ1) is 125. The van der Waals surface area contributed by atoms with Crippen molar-refractivity contribution in [3.8, 4) is 90.5 Å². The first-order chi connectivity index (χ1) is 65.3. The number of ketones is 1. The second-order valence-corrected chi connectivity index (χ2v) is 40.8. The SMILES string of the molecule is CC.CC1(C)C2CCCCC2C2CCCCC21.CC1(C)C2CCCCC2C2CCCCC21.O=C1C2CCCCC2C2CCCCC12.Oc1ccc2ccccc2c1-c1c(O)ccc2ccccc12.Oc1ccc2ccccc2c1-c1c(O)ccc2ccccc12.Oc1ccc2ccccc2c1-c1c(O)ccc2ccccc12.Oc1ccc2ccccc2c1-c1c(O)ccc2ccccc12.[Ar].[Ar].[Ar].[Ar].[Ar].[Ar].[Ar].[Ar].[Ar]. The second kappa shape index (κ2) is 58.2. The van der Waals surface area contributed by atoms with Crippen LogP contribution in [0.3, 0.4) is 0 Å². The summed E-state index contributed by atoms with van der Waals surface area (Å²) in [6.45, 7) is 14.4. The molecule has 143 heavy (non-hydrogen) atoms. The van der Waals surface area contributed by atoms with E-state index in [1.807, 2.05) is 257 Å². The molecule has 9 aliphatic carbocycles. The molecule has 9 fully saturated rings. The minimum atomic E-state index is 0. The summed E-state index contributed by atoms with van der Waals surface area (Å²) < 4.78 is 0. The fourth-order valence-electron chi connectivity index (χ4n) is 27.4. The summed E-state index contributed by atoms with van der Waals surface area (Å²) in [6.07, 6.45) is 35.2. The smallest absolute Gasteiger partial charge is 0.139 e. The van der Waals surface area contributed by atoms with Crippen LogP contribution in [0.15, 0.2) is 291 Å². The van der Waals surface area contributed by atoms with Crippen LogP contribution in [0.5, 0.6) is 46.0 Å². The molecule has 25 rings (SSSR count). The predicted molar refractivity (Wildman–Crippen MR) is 557 cm³/mol. The van der Waals surface area contributed by atoms with E-state index in [2.05, 4.69) is 27.7 Å². The van der Waals surface area contributed by atoms with Crippen LogP contribution in [0.4, 0.5) is 0 Å². The van der Waals surface area contributed by atoms with Gasteiger partial charge >= 0.3 is 0 Å². The van der Waals surface area contributed by atoms with Gasteiger partial charge in [0.1, 0.15) is 51.8 Å². The summed E-state index contributed by atoms with van der Waals surface area (Å²) in [5.41, 5.74) is 6.74. The van der Waals surface area contributed by atoms with E-state index in [9.17, 15) is 45.6 Å². The van der Waals surface area contributed by atoms with E-state index >= 15 is 0 Å². The Bertz CT molecular complexity index is 5820. The van der Waals surface area contributed by atoms with Crippen molar-refractivity contribution < 1.29 is 385 Å². The third-order valence-corrected chi connectivity index (χ3v) is 33.4. The number of carbonyl (C=O) groups is 1. The number of Topliss-reactive ketones (excluding diaryl/α,β-unsaturated/α-hetero) is 1. The Labute approximate surface area is 1120 Å². The third-order valence-electron chi connectivity index (χ3n) is 33.4.